The SMILES string of the molecule is CCC[C@H](NC(=O)NCCCc1cn[nH]c1C)C(=O)O. The molecule has 1 rings (SSSR count). The maximum atomic E-state index is 11.6. The fraction of sp³-hybridized carbons (Fsp3) is 0.615. The van der Waals surface area contributed by atoms with Crippen molar-refractivity contribution in [3.8, 4) is 0 Å². The second-order valence-electron chi connectivity index (χ2n) is 4.70. The molecule has 0 aromatic carbocycles. The highest BCUT2D eigenvalue weighted by molar-refractivity contribution is 5.82. The van der Waals surface area contributed by atoms with E-state index in [0.717, 1.165) is 24.1 Å². The van der Waals surface area contributed by atoms with Crippen molar-refractivity contribution in [1.29, 1.82) is 0 Å². The molecule has 2 amide bonds. The number of amides is 2. The number of aliphatic carboxylic acids is 1. The second-order valence-corrected chi connectivity index (χ2v) is 4.70. The number of carbonyl (C=O) groups is 2. The molecule has 0 radical (unpaired) electrons. The Bertz CT molecular complexity index is 445. The highest BCUT2D eigenvalue weighted by Gasteiger charge is 2.18. The number of hydrogen-bond acceptors (Lipinski definition) is 3. The molecule has 1 atom stereocenters. The van der Waals surface area contributed by atoms with E-state index in [1.54, 1.807) is 6.20 Å². The average molecular weight is 282 g/mol. The van der Waals surface area contributed by atoms with Crippen LogP contribution in [0.4, 0.5) is 4.79 Å². The molecule has 7 nitrogen and oxygen atoms in total. The lowest BCUT2D eigenvalue weighted by Gasteiger charge is -2.14. The highest BCUT2D eigenvalue weighted by Crippen LogP contribution is 2.05. The predicted octanol–water partition coefficient (Wildman–Crippen LogP) is 1.20. The quantitative estimate of drug-likeness (QED) is 0.537. The van der Waals surface area contributed by atoms with E-state index in [-0.39, 0.29) is 0 Å². The average Bonchev–Trinajstić information content (AvgIpc) is 2.80. The zero-order valence-corrected chi connectivity index (χ0v) is 11.9. The number of nitrogens with zero attached hydrogens (tertiary/aromatic N) is 1. The van der Waals surface area contributed by atoms with Gasteiger partial charge in [0, 0.05) is 12.2 Å². The Morgan fingerprint density at radius 3 is 2.80 bits per heavy atom. The highest BCUT2D eigenvalue weighted by atomic mass is 16.4. The molecule has 20 heavy (non-hydrogen) atoms. The number of nitrogens with one attached hydrogen (secondary N) is 3. The van der Waals surface area contributed by atoms with Gasteiger partial charge in [0.1, 0.15) is 6.04 Å². The van der Waals surface area contributed by atoms with Crippen LogP contribution in [0.1, 0.15) is 37.4 Å². The van der Waals surface area contributed by atoms with E-state index in [1.165, 1.54) is 0 Å². The van der Waals surface area contributed by atoms with Gasteiger partial charge in [-0.3, -0.25) is 5.10 Å². The number of H-pyrrole nitrogens is 1. The molecule has 0 fully saturated rings. The molecule has 0 aliphatic carbocycles. The molecule has 7 heteroatoms. The van der Waals surface area contributed by atoms with Gasteiger partial charge in [0.2, 0.25) is 0 Å². The Morgan fingerprint density at radius 1 is 1.50 bits per heavy atom. The predicted molar refractivity (Wildman–Crippen MR) is 74.5 cm³/mol. The van der Waals surface area contributed by atoms with Crippen molar-refractivity contribution in [2.45, 2.75) is 45.6 Å². The minimum absolute atomic E-state index is 0.428. The second kappa shape index (κ2) is 8.19. The molecule has 0 aliphatic heterocycles. The molecule has 0 bridgehead atoms. The zero-order chi connectivity index (χ0) is 15.0. The summed E-state index contributed by atoms with van der Waals surface area (Å²) >= 11 is 0. The van der Waals surface area contributed by atoms with Crippen LogP contribution < -0.4 is 10.6 Å². The van der Waals surface area contributed by atoms with Gasteiger partial charge < -0.3 is 15.7 Å². The maximum Gasteiger partial charge on any atom is 0.326 e. The van der Waals surface area contributed by atoms with Crippen molar-refractivity contribution in [2.75, 3.05) is 6.54 Å². The molecule has 0 unspecified atom stereocenters. The summed E-state index contributed by atoms with van der Waals surface area (Å²) in [5.41, 5.74) is 2.16. The first-order valence-corrected chi connectivity index (χ1v) is 6.80. The molecule has 1 heterocycles. The minimum atomic E-state index is -1.00. The monoisotopic (exact) mass is 282 g/mol. The molecular weight excluding hydrogens is 260 g/mol. The van der Waals surface area contributed by atoms with Crippen molar-refractivity contribution < 1.29 is 14.7 Å². The Morgan fingerprint density at radius 2 is 2.25 bits per heavy atom. The summed E-state index contributed by atoms with van der Waals surface area (Å²) in [7, 11) is 0. The van der Waals surface area contributed by atoms with Gasteiger partial charge in [-0.2, -0.15) is 5.10 Å². The summed E-state index contributed by atoms with van der Waals surface area (Å²) in [5.74, 6) is -1.00. The normalized spacial score (nSPS) is 11.9. The van der Waals surface area contributed by atoms with Gasteiger partial charge in [0.25, 0.3) is 0 Å². The molecule has 0 saturated carbocycles. The molecule has 4 N–H and O–H groups in total. The van der Waals surface area contributed by atoms with E-state index in [1.807, 2.05) is 13.8 Å². The summed E-state index contributed by atoms with van der Waals surface area (Å²) < 4.78 is 0. The van der Waals surface area contributed by atoms with Crippen molar-refractivity contribution in [1.82, 2.24) is 20.8 Å². The maximum absolute atomic E-state index is 11.6. The van der Waals surface area contributed by atoms with Gasteiger partial charge in [0.05, 0.1) is 6.20 Å². The molecule has 0 saturated heterocycles. The van der Waals surface area contributed by atoms with Gasteiger partial charge in [-0.1, -0.05) is 13.3 Å². The number of aryl methyl sites for hydroxylation is 2. The zero-order valence-electron chi connectivity index (χ0n) is 11.9. The topological polar surface area (TPSA) is 107 Å². The van der Waals surface area contributed by atoms with E-state index < -0.39 is 18.0 Å². The lowest BCUT2D eigenvalue weighted by molar-refractivity contribution is -0.139. The van der Waals surface area contributed by atoms with Crippen molar-refractivity contribution in [3.05, 3.63) is 17.5 Å². The Balaban J connectivity index is 2.22. The third-order valence-electron chi connectivity index (χ3n) is 3.02. The van der Waals surface area contributed by atoms with Crippen LogP contribution in [0.2, 0.25) is 0 Å². The van der Waals surface area contributed by atoms with Gasteiger partial charge in [-0.25, -0.2) is 9.59 Å². The van der Waals surface area contributed by atoms with Crippen molar-refractivity contribution >= 4 is 12.0 Å². The van der Waals surface area contributed by atoms with E-state index >= 15 is 0 Å². The number of hydrogen-bond donors (Lipinski definition) is 4. The first-order chi connectivity index (χ1) is 9.54. The van der Waals surface area contributed by atoms with Crippen molar-refractivity contribution in [2.24, 2.45) is 0 Å². The number of carboxylic acids is 1. The molecule has 112 valence electrons. The number of aromatic nitrogens is 2. The van der Waals surface area contributed by atoms with E-state index in [2.05, 4.69) is 20.8 Å². The molecule has 0 aliphatic rings. The number of rotatable bonds is 8. The number of urea groups is 1. The van der Waals surface area contributed by atoms with E-state index in [4.69, 9.17) is 5.11 Å². The Labute approximate surface area is 118 Å². The van der Waals surface area contributed by atoms with Gasteiger partial charge in [0.15, 0.2) is 0 Å². The fourth-order valence-corrected chi connectivity index (χ4v) is 1.86. The lowest BCUT2D eigenvalue weighted by Crippen LogP contribution is -2.46. The van der Waals surface area contributed by atoms with Crippen LogP contribution in [0.25, 0.3) is 0 Å². The standard InChI is InChI=1S/C13H22N4O3/c1-3-5-11(12(18)19)16-13(20)14-7-4-6-10-8-15-17-9(10)2/h8,11H,3-7H2,1-2H3,(H,15,17)(H,18,19)(H2,14,16,20)/t11-/m0/s1. The third-order valence-corrected chi connectivity index (χ3v) is 3.02. The van der Waals surface area contributed by atoms with Crippen LogP contribution in [0, 0.1) is 6.92 Å². The van der Waals surface area contributed by atoms with Crippen LogP contribution >= 0.6 is 0 Å². The van der Waals surface area contributed by atoms with Gasteiger partial charge >= 0.3 is 12.0 Å². The minimum Gasteiger partial charge on any atom is -0.480 e. The number of carbonyl (C=O) groups excluding carboxylic acids is 1. The first kappa shape index (κ1) is 16.0. The van der Waals surface area contributed by atoms with E-state index in [9.17, 15) is 9.59 Å². The number of carboxylic acid groups (broad SMARTS) is 1. The molecule has 1 aromatic heterocycles. The largest absolute Gasteiger partial charge is 0.480 e. The fourth-order valence-electron chi connectivity index (χ4n) is 1.86. The lowest BCUT2D eigenvalue weighted by atomic mass is 10.1. The number of aromatic amines is 1. The summed E-state index contributed by atoms with van der Waals surface area (Å²) in [4.78, 5) is 22.5. The first-order valence-electron chi connectivity index (χ1n) is 6.80. The van der Waals surface area contributed by atoms with Crippen molar-refractivity contribution in [3.63, 3.8) is 0 Å². The smallest absolute Gasteiger partial charge is 0.326 e. The molecular formula is C13H22N4O3. The van der Waals surface area contributed by atoms with Crippen LogP contribution in [-0.4, -0.2) is 39.9 Å². The molecule has 1 aromatic rings. The van der Waals surface area contributed by atoms with E-state index in [0.29, 0.717) is 19.4 Å². The Kier molecular flexibility index (Phi) is 6.55. The van der Waals surface area contributed by atoms with Crippen LogP contribution in [0.5, 0.6) is 0 Å². The van der Waals surface area contributed by atoms with Crippen LogP contribution in [0.15, 0.2) is 6.20 Å². The summed E-state index contributed by atoms with van der Waals surface area (Å²) in [6, 6.07) is -1.26. The molecule has 0 spiro atoms. The van der Waals surface area contributed by atoms with Gasteiger partial charge in [-0.05, 0) is 31.7 Å². The third kappa shape index (κ3) is 5.29. The summed E-state index contributed by atoms with van der Waals surface area (Å²) in [6.07, 6.45) is 4.50. The van der Waals surface area contributed by atoms with Crippen LogP contribution in [-0.2, 0) is 11.2 Å². The summed E-state index contributed by atoms with van der Waals surface area (Å²) in [6.45, 7) is 4.32. The van der Waals surface area contributed by atoms with Crippen LogP contribution in [0.3, 0.4) is 0 Å². The summed E-state index contributed by atoms with van der Waals surface area (Å²) in [5, 5.41) is 20.8. The Hall–Kier alpha value is -2.05. The van der Waals surface area contributed by atoms with Gasteiger partial charge in [-0.15, -0.1) is 0 Å².